The predicted molar refractivity (Wildman–Crippen MR) is 199 cm³/mol. The zero-order valence-electron chi connectivity index (χ0n) is 28.0. The quantitative estimate of drug-likeness (QED) is 0.0891. The Hall–Kier alpha value is -5.61. The molecule has 4 aromatic rings. The zero-order valence-corrected chi connectivity index (χ0v) is 29.5. The van der Waals surface area contributed by atoms with Crippen LogP contribution in [0, 0.1) is 23.0 Å². The summed E-state index contributed by atoms with van der Waals surface area (Å²) < 4.78 is 33.5. The summed E-state index contributed by atoms with van der Waals surface area (Å²) >= 11 is 12.8. The minimum atomic E-state index is -0.584. The highest BCUT2D eigenvalue weighted by Gasteiger charge is 2.34. The number of carbonyl (C=O) groups excluding carboxylic acids is 1. The highest BCUT2D eigenvalue weighted by molar-refractivity contribution is 6.34. The normalized spacial score (nSPS) is 16.3. The van der Waals surface area contributed by atoms with Crippen LogP contribution in [-0.2, 0) is 11.3 Å². The van der Waals surface area contributed by atoms with Gasteiger partial charge >= 0.3 is 6.09 Å². The van der Waals surface area contributed by atoms with Gasteiger partial charge < -0.3 is 25.7 Å². The molecular weight excluding hydrogens is 709 g/mol. The second-order valence-corrected chi connectivity index (χ2v) is 13.0. The number of anilines is 2. The van der Waals surface area contributed by atoms with Crippen LogP contribution < -0.4 is 21.6 Å². The maximum Gasteiger partial charge on any atom is 0.410 e. The van der Waals surface area contributed by atoms with Gasteiger partial charge in [-0.05, 0) is 73.7 Å². The van der Waals surface area contributed by atoms with Crippen LogP contribution in [0.5, 0.6) is 0 Å². The molecule has 2 atom stereocenters. The molecule has 1 fully saturated rings. The molecule has 2 aliphatic heterocycles. The van der Waals surface area contributed by atoms with E-state index in [0.717, 1.165) is 11.1 Å². The number of amides is 1. The van der Waals surface area contributed by atoms with E-state index in [9.17, 15) is 18.8 Å². The molecule has 0 radical (unpaired) electrons. The second kappa shape index (κ2) is 16.2. The third kappa shape index (κ3) is 8.29. The van der Waals surface area contributed by atoms with Crippen molar-refractivity contribution in [1.82, 2.24) is 20.9 Å². The highest BCUT2D eigenvalue weighted by Crippen LogP contribution is 2.40. The number of carbonyl (C=O) groups is 1. The van der Waals surface area contributed by atoms with Crippen LogP contribution in [0.2, 0.25) is 10.0 Å². The van der Waals surface area contributed by atoms with Crippen molar-refractivity contribution in [3.63, 3.8) is 0 Å². The Labute approximate surface area is 309 Å². The van der Waals surface area contributed by atoms with Gasteiger partial charge in [0.05, 0.1) is 50.9 Å². The van der Waals surface area contributed by atoms with E-state index in [1.807, 2.05) is 41.5 Å². The molecule has 1 saturated heterocycles. The van der Waals surface area contributed by atoms with Gasteiger partial charge in [0.2, 0.25) is 0 Å². The molecule has 0 saturated carbocycles. The summed E-state index contributed by atoms with van der Waals surface area (Å²) in [5.41, 5.74) is 11.1. The number of nitrogens with one attached hydrogen (secondary N) is 4. The first-order valence-corrected chi connectivity index (χ1v) is 17.0. The van der Waals surface area contributed by atoms with Gasteiger partial charge in [0.1, 0.15) is 18.2 Å². The molecule has 2 heterocycles. The van der Waals surface area contributed by atoms with Gasteiger partial charge in [-0.15, -0.1) is 5.53 Å². The van der Waals surface area contributed by atoms with E-state index in [1.54, 1.807) is 36.1 Å². The lowest BCUT2D eigenvalue weighted by molar-refractivity contribution is 0.1000. The van der Waals surface area contributed by atoms with E-state index in [2.05, 4.69) is 39.4 Å². The number of allylic oxidation sites excluding steroid dienone is 1. The number of aliphatic imine (C=N–C) groups is 1. The first-order chi connectivity index (χ1) is 25.1. The number of hydrogen-bond donors (Lipinski definition) is 4. The maximum atomic E-state index is 14.1. The van der Waals surface area contributed by atoms with Crippen LogP contribution in [0.15, 0.2) is 107 Å². The van der Waals surface area contributed by atoms with Gasteiger partial charge in [-0.3, -0.25) is 10.0 Å². The SMILES string of the molecule is C=Nc1c(Cl)cc(NC(C2=CN([C@@H]3CCN(C(=O)OCc4ccccc4)C3)NN2)c2ccc(F)cc2)cc1/C(Nc1ccc(F)c(Cl)c1)=C(\C)C#N. The van der Waals surface area contributed by atoms with Crippen LogP contribution >= 0.6 is 23.2 Å². The van der Waals surface area contributed by atoms with Crippen LogP contribution in [0.4, 0.5) is 30.6 Å². The fraction of sp³-hybridized carbons (Fsp3) is 0.184. The summed E-state index contributed by atoms with van der Waals surface area (Å²) in [4.78, 5) is 18.7. The second-order valence-electron chi connectivity index (χ2n) is 12.2. The van der Waals surface area contributed by atoms with Crippen LogP contribution in [-0.4, -0.2) is 41.9 Å². The maximum absolute atomic E-state index is 14.1. The molecule has 0 aromatic heterocycles. The van der Waals surface area contributed by atoms with Crippen molar-refractivity contribution < 1.29 is 18.3 Å². The number of benzene rings is 4. The Morgan fingerprint density at radius 1 is 1.08 bits per heavy atom. The average molecular weight is 744 g/mol. The Balaban J connectivity index is 1.26. The molecule has 266 valence electrons. The summed E-state index contributed by atoms with van der Waals surface area (Å²) in [6, 6.07) is 24.7. The number of rotatable bonds is 11. The lowest BCUT2D eigenvalue weighted by atomic mass is 10.0. The lowest BCUT2D eigenvalue weighted by Crippen LogP contribution is -2.45. The van der Waals surface area contributed by atoms with E-state index in [4.69, 9.17) is 27.9 Å². The fourth-order valence-electron chi connectivity index (χ4n) is 5.97. The lowest BCUT2D eigenvalue weighted by Gasteiger charge is -2.23. The van der Waals surface area contributed by atoms with Crippen molar-refractivity contribution in [1.29, 1.82) is 5.26 Å². The third-order valence-corrected chi connectivity index (χ3v) is 9.25. The molecule has 2 aliphatic rings. The first kappa shape index (κ1) is 36.2. The molecule has 10 nitrogen and oxygen atoms in total. The summed E-state index contributed by atoms with van der Waals surface area (Å²) in [5.74, 6) is -0.972. The molecule has 6 rings (SSSR count). The number of nitrogens with zero attached hydrogens (tertiary/aromatic N) is 4. The van der Waals surface area contributed by atoms with Crippen LogP contribution in [0.1, 0.15) is 36.1 Å². The van der Waals surface area contributed by atoms with Crippen molar-refractivity contribution >= 4 is 58.8 Å². The molecule has 1 amide bonds. The van der Waals surface area contributed by atoms with Crippen molar-refractivity contribution in [3.05, 3.63) is 141 Å². The topological polar surface area (TPSA) is 117 Å². The van der Waals surface area contributed by atoms with E-state index >= 15 is 0 Å². The smallest absolute Gasteiger partial charge is 0.410 e. The first-order valence-electron chi connectivity index (χ1n) is 16.3. The summed E-state index contributed by atoms with van der Waals surface area (Å²) in [6.45, 7) is 6.47. The molecule has 1 unspecified atom stereocenters. The van der Waals surface area contributed by atoms with E-state index in [0.29, 0.717) is 59.1 Å². The number of hydrogen-bond acceptors (Lipinski definition) is 9. The van der Waals surface area contributed by atoms with Crippen molar-refractivity contribution in [2.75, 3.05) is 23.7 Å². The van der Waals surface area contributed by atoms with E-state index in [1.165, 1.54) is 30.3 Å². The van der Waals surface area contributed by atoms with Crippen LogP contribution in [0.25, 0.3) is 5.70 Å². The molecule has 4 aromatic carbocycles. The minimum Gasteiger partial charge on any atom is -0.445 e. The van der Waals surface area contributed by atoms with Gasteiger partial charge in [0, 0.05) is 36.2 Å². The van der Waals surface area contributed by atoms with Gasteiger partial charge in [-0.25, -0.2) is 13.6 Å². The number of halogens is 4. The molecule has 14 heteroatoms. The fourth-order valence-corrected chi connectivity index (χ4v) is 6.43. The van der Waals surface area contributed by atoms with Gasteiger partial charge in [-0.1, -0.05) is 65.7 Å². The average Bonchev–Trinajstić information content (AvgIpc) is 3.85. The van der Waals surface area contributed by atoms with Gasteiger partial charge in [0.25, 0.3) is 0 Å². The molecule has 0 aliphatic carbocycles. The zero-order chi connectivity index (χ0) is 36.8. The van der Waals surface area contributed by atoms with Gasteiger partial charge in [0.15, 0.2) is 0 Å². The standard InChI is InChI=1S/C38H34Cl2F2N8O2/c1-23(19-43)35(45-27-12-13-33(42)31(39)17-27)30-16-28(18-32(40)37(30)44-2)46-36(25-8-10-26(41)11-9-25)34-21-50(48-47-34)29-14-15-49(20-29)38(51)52-22-24-6-4-3-5-7-24/h3-13,16-18,21,29,36,45-48H,2,14-15,20,22H2,1H3/b35-23-/t29-,36?/m1/s1. The predicted octanol–water partition coefficient (Wildman–Crippen LogP) is 8.70. The Morgan fingerprint density at radius 2 is 1.83 bits per heavy atom. The molecule has 52 heavy (non-hydrogen) atoms. The summed E-state index contributed by atoms with van der Waals surface area (Å²) in [7, 11) is 0. The molecule has 0 bridgehead atoms. The molecule has 0 spiro atoms. The summed E-state index contributed by atoms with van der Waals surface area (Å²) in [6.07, 6.45) is 2.22. The third-order valence-electron chi connectivity index (χ3n) is 8.68. The Bertz CT molecular complexity index is 2070. The molecular formula is C38H34Cl2F2N8O2. The van der Waals surface area contributed by atoms with E-state index in [-0.39, 0.29) is 34.6 Å². The molecule has 4 N–H and O–H groups in total. The number of likely N-dealkylation sites (tertiary alicyclic amines) is 1. The Kier molecular flexibility index (Phi) is 11.2. The monoisotopic (exact) mass is 742 g/mol. The number of hydrazine groups is 2. The van der Waals surface area contributed by atoms with Gasteiger partial charge in [-0.2, -0.15) is 5.26 Å². The Morgan fingerprint density at radius 3 is 2.54 bits per heavy atom. The summed E-state index contributed by atoms with van der Waals surface area (Å²) in [5, 5.41) is 18.6. The minimum absolute atomic E-state index is 0.0603. The number of ether oxygens (including phenoxy) is 1. The van der Waals surface area contributed by atoms with Crippen LogP contribution in [0.3, 0.4) is 0 Å². The number of nitriles is 1. The largest absolute Gasteiger partial charge is 0.445 e. The van der Waals surface area contributed by atoms with E-state index < -0.39 is 11.9 Å². The van der Waals surface area contributed by atoms with Crippen molar-refractivity contribution in [2.24, 2.45) is 4.99 Å². The van der Waals surface area contributed by atoms with Crippen molar-refractivity contribution in [2.45, 2.75) is 32.0 Å². The van der Waals surface area contributed by atoms with Crippen molar-refractivity contribution in [3.8, 4) is 6.07 Å². The highest BCUT2D eigenvalue weighted by atomic mass is 35.5.